The lowest BCUT2D eigenvalue weighted by Gasteiger charge is -2.07. The molecule has 0 spiro atoms. The van der Waals surface area contributed by atoms with Gasteiger partial charge in [0.05, 0.1) is 11.3 Å². The van der Waals surface area contributed by atoms with E-state index in [9.17, 15) is 9.59 Å². The van der Waals surface area contributed by atoms with Crippen molar-refractivity contribution in [2.45, 2.75) is 26.7 Å². The first-order valence-corrected chi connectivity index (χ1v) is 4.52. The van der Waals surface area contributed by atoms with E-state index < -0.39 is 0 Å². The van der Waals surface area contributed by atoms with Gasteiger partial charge in [-0.25, -0.2) is 4.68 Å². The van der Waals surface area contributed by atoms with Gasteiger partial charge in [-0.2, -0.15) is 5.10 Å². The number of aryl methyl sites for hydroxylation is 1. The molecule has 0 unspecified atom stereocenters. The van der Waals surface area contributed by atoms with E-state index >= 15 is 0 Å². The predicted molar refractivity (Wildman–Crippen MR) is 53.6 cm³/mol. The first kappa shape index (κ1) is 10.6. The zero-order valence-electron chi connectivity index (χ0n) is 8.87. The smallest absolute Gasteiger partial charge is 0.277 e. The van der Waals surface area contributed by atoms with E-state index in [4.69, 9.17) is 0 Å². The number of aromatic nitrogens is 2. The number of Topliss-reactive ketones (excluding diaryl/α,β-unsaturated/α-hetero) is 1. The van der Waals surface area contributed by atoms with Gasteiger partial charge in [0, 0.05) is 7.05 Å². The highest BCUT2D eigenvalue weighted by Gasteiger charge is 2.11. The Bertz CT molecular complexity index is 419. The first-order valence-electron chi connectivity index (χ1n) is 4.52. The van der Waals surface area contributed by atoms with Crippen LogP contribution in [0, 0.1) is 0 Å². The molecule has 0 bridgehead atoms. The fourth-order valence-corrected chi connectivity index (χ4v) is 1.17. The molecule has 4 nitrogen and oxygen atoms in total. The molecule has 76 valence electrons. The molecule has 0 aliphatic rings. The molecule has 0 aliphatic heterocycles. The van der Waals surface area contributed by atoms with Crippen molar-refractivity contribution < 1.29 is 4.79 Å². The fraction of sp³-hybridized carbons (Fsp3) is 0.500. The summed E-state index contributed by atoms with van der Waals surface area (Å²) < 4.78 is 1.21. The van der Waals surface area contributed by atoms with Crippen LogP contribution >= 0.6 is 0 Å². The van der Waals surface area contributed by atoms with Crippen LogP contribution in [0.5, 0.6) is 0 Å². The van der Waals surface area contributed by atoms with Crippen LogP contribution in [0.3, 0.4) is 0 Å². The average molecular weight is 194 g/mol. The lowest BCUT2D eigenvalue weighted by Crippen LogP contribution is -2.26. The zero-order valence-corrected chi connectivity index (χ0v) is 8.87. The average Bonchev–Trinajstić information content (AvgIpc) is 2.08. The Hall–Kier alpha value is -1.45. The van der Waals surface area contributed by atoms with Crippen molar-refractivity contribution in [3.05, 3.63) is 27.7 Å². The molecular formula is C10H14N2O2. The molecule has 0 aliphatic carbocycles. The highest BCUT2D eigenvalue weighted by Crippen LogP contribution is 2.10. The molecule has 14 heavy (non-hydrogen) atoms. The number of carbonyl (C=O) groups is 1. The summed E-state index contributed by atoms with van der Waals surface area (Å²) in [7, 11) is 1.56. The molecule has 1 heterocycles. The largest absolute Gasteiger partial charge is 0.294 e. The molecule has 0 aromatic carbocycles. The van der Waals surface area contributed by atoms with Crippen molar-refractivity contribution in [3.8, 4) is 0 Å². The Kier molecular flexibility index (Phi) is 2.84. The summed E-state index contributed by atoms with van der Waals surface area (Å²) in [6, 6.07) is 1.58. The number of hydrogen-bond acceptors (Lipinski definition) is 3. The Morgan fingerprint density at radius 2 is 2.07 bits per heavy atom. The van der Waals surface area contributed by atoms with Crippen molar-refractivity contribution in [1.82, 2.24) is 9.78 Å². The van der Waals surface area contributed by atoms with E-state index in [1.165, 1.54) is 11.6 Å². The number of nitrogens with zero attached hydrogens (tertiary/aromatic N) is 2. The summed E-state index contributed by atoms with van der Waals surface area (Å²) in [6.45, 7) is 5.33. The Morgan fingerprint density at radius 1 is 1.50 bits per heavy atom. The van der Waals surface area contributed by atoms with Gasteiger partial charge in [-0.1, -0.05) is 13.8 Å². The van der Waals surface area contributed by atoms with Crippen molar-refractivity contribution in [1.29, 1.82) is 0 Å². The number of carbonyl (C=O) groups excluding carboxylic acids is 1. The zero-order chi connectivity index (χ0) is 10.9. The SMILES string of the molecule is CC(=O)c1cc(C(C)C)nn(C)c1=O. The topological polar surface area (TPSA) is 52.0 Å². The molecule has 1 rings (SSSR count). The molecule has 0 radical (unpaired) electrons. The third-order valence-corrected chi connectivity index (χ3v) is 2.05. The van der Waals surface area contributed by atoms with Gasteiger partial charge in [0.25, 0.3) is 5.56 Å². The van der Waals surface area contributed by atoms with Gasteiger partial charge in [-0.05, 0) is 18.9 Å². The van der Waals surface area contributed by atoms with Gasteiger partial charge in [0.2, 0.25) is 0 Å². The van der Waals surface area contributed by atoms with E-state index in [0.717, 1.165) is 5.69 Å². The van der Waals surface area contributed by atoms with Gasteiger partial charge in [0.1, 0.15) is 0 Å². The van der Waals surface area contributed by atoms with Gasteiger partial charge < -0.3 is 0 Å². The van der Waals surface area contributed by atoms with Crippen LogP contribution in [0.15, 0.2) is 10.9 Å². The van der Waals surface area contributed by atoms with Crippen molar-refractivity contribution in [3.63, 3.8) is 0 Å². The molecule has 1 aromatic rings. The Labute approximate surface area is 82.6 Å². The molecule has 0 fully saturated rings. The van der Waals surface area contributed by atoms with Crippen LogP contribution < -0.4 is 5.56 Å². The van der Waals surface area contributed by atoms with Gasteiger partial charge in [-0.3, -0.25) is 9.59 Å². The second kappa shape index (κ2) is 3.74. The van der Waals surface area contributed by atoms with Gasteiger partial charge in [-0.15, -0.1) is 0 Å². The summed E-state index contributed by atoms with van der Waals surface area (Å²) >= 11 is 0. The van der Waals surface area contributed by atoms with E-state index in [1.807, 2.05) is 13.8 Å². The van der Waals surface area contributed by atoms with Crippen LogP contribution in [0.25, 0.3) is 0 Å². The van der Waals surface area contributed by atoms with Crippen molar-refractivity contribution in [2.75, 3.05) is 0 Å². The number of hydrogen-bond donors (Lipinski definition) is 0. The summed E-state index contributed by atoms with van der Waals surface area (Å²) in [4.78, 5) is 22.6. The number of rotatable bonds is 2. The molecule has 0 saturated heterocycles. The first-order chi connectivity index (χ1) is 6.43. The van der Waals surface area contributed by atoms with Crippen LogP contribution in [0.2, 0.25) is 0 Å². The molecule has 1 aromatic heterocycles. The molecule has 0 atom stereocenters. The normalized spacial score (nSPS) is 10.6. The van der Waals surface area contributed by atoms with Crippen LogP contribution in [-0.2, 0) is 7.05 Å². The second-order valence-corrected chi connectivity index (χ2v) is 3.62. The third kappa shape index (κ3) is 1.89. The standard InChI is InChI=1S/C10H14N2O2/c1-6(2)9-5-8(7(3)13)10(14)12(4)11-9/h5-6H,1-4H3. The van der Waals surface area contributed by atoms with E-state index in [0.29, 0.717) is 0 Å². The minimum atomic E-state index is -0.332. The predicted octanol–water partition coefficient (Wildman–Crippen LogP) is 1.11. The fourth-order valence-electron chi connectivity index (χ4n) is 1.17. The summed E-state index contributed by atoms with van der Waals surface area (Å²) in [5, 5.41) is 4.07. The van der Waals surface area contributed by atoms with E-state index in [-0.39, 0.29) is 22.8 Å². The number of ketones is 1. The third-order valence-electron chi connectivity index (χ3n) is 2.05. The lowest BCUT2D eigenvalue weighted by molar-refractivity contribution is 0.101. The summed E-state index contributed by atoms with van der Waals surface area (Å²) in [5.41, 5.74) is 0.644. The van der Waals surface area contributed by atoms with Crippen LogP contribution in [0.1, 0.15) is 42.7 Å². The minimum Gasteiger partial charge on any atom is -0.294 e. The summed E-state index contributed by atoms with van der Waals surface area (Å²) in [5.74, 6) is -0.00481. The summed E-state index contributed by atoms with van der Waals surface area (Å²) in [6.07, 6.45) is 0. The quantitative estimate of drug-likeness (QED) is 0.662. The Morgan fingerprint density at radius 3 is 2.50 bits per heavy atom. The van der Waals surface area contributed by atoms with E-state index in [2.05, 4.69) is 5.10 Å². The highest BCUT2D eigenvalue weighted by molar-refractivity contribution is 5.93. The minimum absolute atomic E-state index is 0.208. The monoisotopic (exact) mass is 194 g/mol. The van der Waals surface area contributed by atoms with Gasteiger partial charge >= 0.3 is 0 Å². The van der Waals surface area contributed by atoms with Crippen molar-refractivity contribution >= 4 is 5.78 Å². The highest BCUT2D eigenvalue weighted by atomic mass is 16.1. The second-order valence-electron chi connectivity index (χ2n) is 3.62. The van der Waals surface area contributed by atoms with Gasteiger partial charge in [0.15, 0.2) is 5.78 Å². The van der Waals surface area contributed by atoms with Crippen molar-refractivity contribution in [2.24, 2.45) is 7.05 Å². The molecule has 0 amide bonds. The lowest BCUT2D eigenvalue weighted by atomic mass is 10.1. The maximum atomic E-state index is 11.5. The Balaban J connectivity index is 3.43. The molecule has 0 N–H and O–H groups in total. The van der Waals surface area contributed by atoms with Crippen LogP contribution in [0.4, 0.5) is 0 Å². The van der Waals surface area contributed by atoms with Crippen LogP contribution in [-0.4, -0.2) is 15.6 Å². The molecule has 4 heteroatoms. The van der Waals surface area contributed by atoms with E-state index in [1.54, 1.807) is 13.1 Å². The molecular weight excluding hydrogens is 180 g/mol. The maximum absolute atomic E-state index is 11.5. The molecule has 0 saturated carbocycles. The maximum Gasteiger partial charge on any atom is 0.277 e.